The van der Waals surface area contributed by atoms with Gasteiger partial charge in [0.05, 0.1) is 0 Å². The standard InChI is InChI=1S/C22H17F3O2/c23-22(24,25)21(27)10-4-9-20(26)17-13-11-16(12-14-17)19-8-3-6-15-5-1-2-7-18(15)19/h1-3,5-8,11-14H,4,9-10H2. The van der Waals surface area contributed by atoms with Crippen LogP contribution in [0, 0.1) is 0 Å². The van der Waals surface area contributed by atoms with Gasteiger partial charge in [-0.05, 0) is 28.3 Å². The van der Waals surface area contributed by atoms with Crippen molar-refractivity contribution in [3.8, 4) is 11.1 Å². The van der Waals surface area contributed by atoms with Gasteiger partial charge in [-0.25, -0.2) is 0 Å². The van der Waals surface area contributed by atoms with Gasteiger partial charge in [0.25, 0.3) is 0 Å². The maximum absolute atomic E-state index is 12.2. The maximum atomic E-state index is 12.2. The number of hydrogen-bond acceptors (Lipinski definition) is 2. The lowest BCUT2D eigenvalue weighted by Gasteiger charge is -2.08. The molecule has 3 aromatic rings. The fourth-order valence-electron chi connectivity index (χ4n) is 3.01. The summed E-state index contributed by atoms with van der Waals surface area (Å²) in [7, 11) is 0. The van der Waals surface area contributed by atoms with Crippen LogP contribution in [-0.4, -0.2) is 17.7 Å². The van der Waals surface area contributed by atoms with Crippen molar-refractivity contribution < 1.29 is 22.8 Å². The van der Waals surface area contributed by atoms with Gasteiger partial charge in [-0.1, -0.05) is 66.7 Å². The minimum Gasteiger partial charge on any atom is -0.294 e. The quantitative estimate of drug-likeness (QED) is 0.499. The Morgan fingerprint density at radius 2 is 1.44 bits per heavy atom. The normalized spacial score (nSPS) is 11.5. The summed E-state index contributed by atoms with van der Waals surface area (Å²) >= 11 is 0. The second-order valence-electron chi connectivity index (χ2n) is 6.30. The van der Waals surface area contributed by atoms with E-state index in [1.165, 1.54) is 0 Å². The van der Waals surface area contributed by atoms with Crippen molar-refractivity contribution in [2.24, 2.45) is 0 Å². The lowest BCUT2D eigenvalue weighted by molar-refractivity contribution is -0.171. The van der Waals surface area contributed by atoms with E-state index in [9.17, 15) is 22.8 Å². The van der Waals surface area contributed by atoms with E-state index in [4.69, 9.17) is 0 Å². The smallest absolute Gasteiger partial charge is 0.294 e. The van der Waals surface area contributed by atoms with Gasteiger partial charge < -0.3 is 0 Å². The number of hydrogen-bond donors (Lipinski definition) is 0. The third-order valence-corrected chi connectivity index (χ3v) is 4.43. The number of ketones is 2. The molecule has 0 N–H and O–H groups in total. The average molecular weight is 370 g/mol. The molecule has 0 bridgehead atoms. The van der Waals surface area contributed by atoms with Crippen LogP contribution in [0.25, 0.3) is 21.9 Å². The number of benzene rings is 3. The molecular formula is C22H17F3O2. The van der Waals surface area contributed by atoms with E-state index in [1.54, 1.807) is 12.1 Å². The van der Waals surface area contributed by atoms with E-state index >= 15 is 0 Å². The minimum atomic E-state index is -4.83. The highest BCUT2D eigenvalue weighted by Crippen LogP contribution is 2.29. The SMILES string of the molecule is O=C(CCCC(=O)C(F)(F)F)c1ccc(-c2cccc3ccccc23)cc1. The van der Waals surface area contributed by atoms with Crippen LogP contribution in [0.2, 0.25) is 0 Å². The highest BCUT2D eigenvalue weighted by atomic mass is 19.4. The summed E-state index contributed by atoms with van der Waals surface area (Å²) < 4.78 is 36.5. The molecule has 0 aliphatic rings. The van der Waals surface area contributed by atoms with Gasteiger partial charge in [0.15, 0.2) is 5.78 Å². The topological polar surface area (TPSA) is 34.1 Å². The van der Waals surface area contributed by atoms with Gasteiger partial charge in [0, 0.05) is 18.4 Å². The Morgan fingerprint density at radius 1 is 0.778 bits per heavy atom. The number of Topliss-reactive ketones (excluding diaryl/α,β-unsaturated/α-hetero) is 2. The van der Waals surface area contributed by atoms with Gasteiger partial charge in [-0.3, -0.25) is 9.59 Å². The summed E-state index contributed by atoms with van der Waals surface area (Å²) in [5, 5.41) is 2.22. The number of alkyl halides is 3. The highest BCUT2D eigenvalue weighted by Gasteiger charge is 2.37. The number of fused-ring (bicyclic) bond motifs is 1. The van der Waals surface area contributed by atoms with Gasteiger partial charge >= 0.3 is 6.18 Å². The van der Waals surface area contributed by atoms with E-state index in [0.717, 1.165) is 21.9 Å². The zero-order valence-corrected chi connectivity index (χ0v) is 14.4. The van der Waals surface area contributed by atoms with Crippen LogP contribution < -0.4 is 0 Å². The van der Waals surface area contributed by atoms with Gasteiger partial charge in [-0.15, -0.1) is 0 Å². The Kier molecular flexibility index (Phi) is 5.40. The van der Waals surface area contributed by atoms with Gasteiger partial charge in [-0.2, -0.15) is 13.2 Å². The van der Waals surface area contributed by atoms with Gasteiger partial charge in [0.1, 0.15) is 0 Å². The summed E-state index contributed by atoms with van der Waals surface area (Å²) in [5.74, 6) is -2.06. The fraction of sp³-hybridized carbons (Fsp3) is 0.182. The predicted octanol–water partition coefficient (Wildman–Crippen LogP) is 5.99. The molecule has 0 aliphatic heterocycles. The summed E-state index contributed by atoms with van der Waals surface area (Å²) in [6.07, 6.45) is -5.69. The Labute approximate surface area is 154 Å². The third kappa shape index (κ3) is 4.42. The molecule has 3 rings (SSSR count). The molecule has 3 aromatic carbocycles. The fourth-order valence-corrected chi connectivity index (χ4v) is 3.01. The molecule has 27 heavy (non-hydrogen) atoms. The first-order valence-electron chi connectivity index (χ1n) is 8.58. The van der Waals surface area contributed by atoms with Crippen molar-refractivity contribution in [3.63, 3.8) is 0 Å². The van der Waals surface area contributed by atoms with Crippen molar-refractivity contribution in [1.82, 2.24) is 0 Å². The molecule has 0 amide bonds. The highest BCUT2D eigenvalue weighted by molar-refractivity contribution is 5.99. The molecule has 0 fully saturated rings. The lowest BCUT2D eigenvalue weighted by atomic mass is 9.96. The monoisotopic (exact) mass is 370 g/mol. The molecule has 0 aliphatic carbocycles. The van der Waals surface area contributed by atoms with Crippen LogP contribution in [0.3, 0.4) is 0 Å². The van der Waals surface area contributed by atoms with Gasteiger partial charge in [0.2, 0.25) is 5.78 Å². The van der Waals surface area contributed by atoms with E-state index < -0.39 is 18.4 Å². The number of carbonyl (C=O) groups is 2. The molecule has 138 valence electrons. The summed E-state index contributed by atoms with van der Waals surface area (Å²) in [6.45, 7) is 0. The predicted molar refractivity (Wildman–Crippen MR) is 98.6 cm³/mol. The molecule has 2 nitrogen and oxygen atoms in total. The summed E-state index contributed by atoms with van der Waals surface area (Å²) in [6, 6.07) is 21.0. The zero-order chi connectivity index (χ0) is 19.4. The Hall–Kier alpha value is -2.95. The van der Waals surface area contributed by atoms with Crippen molar-refractivity contribution in [3.05, 3.63) is 72.3 Å². The van der Waals surface area contributed by atoms with E-state index in [2.05, 4.69) is 0 Å². The molecule has 0 atom stereocenters. The largest absolute Gasteiger partial charge is 0.449 e. The minimum absolute atomic E-state index is 0.0879. The molecule has 0 heterocycles. The molecule has 0 saturated carbocycles. The molecule has 0 unspecified atom stereocenters. The molecular weight excluding hydrogens is 353 g/mol. The second-order valence-corrected chi connectivity index (χ2v) is 6.30. The van der Waals surface area contributed by atoms with E-state index in [-0.39, 0.29) is 18.6 Å². The molecule has 0 spiro atoms. The van der Waals surface area contributed by atoms with Crippen LogP contribution in [0.5, 0.6) is 0 Å². The van der Waals surface area contributed by atoms with Crippen molar-refractivity contribution in [1.29, 1.82) is 0 Å². The average Bonchev–Trinajstić information content (AvgIpc) is 2.66. The van der Waals surface area contributed by atoms with Crippen LogP contribution in [-0.2, 0) is 4.79 Å². The first-order valence-corrected chi connectivity index (χ1v) is 8.58. The number of rotatable bonds is 6. The lowest BCUT2D eigenvalue weighted by Crippen LogP contribution is -2.22. The van der Waals surface area contributed by atoms with E-state index in [0.29, 0.717) is 5.56 Å². The maximum Gasteiger partial charge on any atom is 0.449 e. The second kappa shape index (κ2) is 7.74. The van der Waals surface area contributed by atoms with Crippen molar-refractivity contribution >= 4 is 22.3 Å². The molecule has 0 saturated heterocycles. The van der Waals surface area contributed by atoms with Crippen LogP contribution in [0.15, 0.2) is 66.7 Å². The van der Waals surface area contributed by atoms with Crippen molar-refractivity contribution in [2.75, 3.05) is 0 Å². The summed E-state index contributed by atoms with van der Waals surface area (Å²) in [4.78, 5) is 23.0. The number of carbonyl (C=O) groups excluding carboxylic acids is 2. The van der Waals surface area contributed by atoms with Crippen molar-refractivity contribution in [2.45, 2.75) is 25.4 Å². The number of halogens is 3. The Bertz CT molecular complexity index is 968. The van der Waals surface area contributed by atoms with Crippen LogP contribution in [0.4, 0.5) is 13.2 Å². The molecule has 5 heteroatoms. The summed E-state index contributed by atoms with van der Waals surface area (Å²) in [5.41, 5.74) is 2.43. The third-order valence-electron chi connectivity index (χ3n) is 4.43. The Morgan fingerprint density at radius 3 is 2.15 bits per heavy atom. The first-order chi connectivity index (χ1) is 12.9. The first kappa shape index (κ1) is 18.8. The van der Waals surface area contributed by atoms with Crippen LogP contribution >= 0.6 is 0 Å². The molecule has 0 radical (unpaired) electrons. The Balaban J connectivity index is 1.70. The zero-order valence-electron chi connectivity index (χ0n) is 14.4. The molecule has 0 aromatic heterocycles. The van der Waals surface area contributed by atoms with Crippen LogP contribution in [0.1, 0.15) is 29.6 Å². The van der Waals surface area contributed by atoms with E-state index in [1.807, 2.05) is 54.6 Å².